The maximum absolute atomic E-state index is 7.57. The van der Waals surface area contributed by atoms with Crippen molar-refractivity contribution >= 4 is 17.6 Å². The second-order valence-corrected chi connectivity index (χ2v) is 4.54. The Labute approximate surface area is 104 Å². The molecule has 5 heteroatoms. The molecule has 0 amide bonds. The van der Waals surface area contributed by atoms with Crippen molar-refractivity contribution in [3.63, 3.8) is 0 Å². The molecule has 0 unspecified atom stereocenters. The number of nitrogen functional groups attached to an aromatic ring is 1. The van der Waals surface area contributed by atoms with Gasteiger partial charge in [-0.15, -0.1) is 0 Å². The highest BCUT2D eigenvalue weighted by Crippen LogP contribution is 2.31. The predicted octanol–water partition coefficient (Wildman–Crippen LogP) is 2.22. The van der Waals surface area contributed by atoms with Gasteiger partial charge in [-0.25, -0.2) is 4.98 Å². The highest BCUT2D eigenvalue weighted by atomic mass is 32.2. The van der Waals surface area contributed by atoms with Crippen LogP contribution in [0.3, 0.4) is 0 Å². The van der Waals surface area contributed by atoms with Crippen LogP contribution in [0.25, 0.3) is 0 Å². The molecule has 17 heavy (non-hydrogen) atoms. The summed E-state index contributed by atoms with van der Waals surface area (Å²) in [5, 5.41) is 8.36. The van der Waals surface area contributed by atoms with E-state index in [1.165, 1.54) is 11.8 Å². The van der Waals surface area contributed by atoms with Gasteiger partial charge in [-0.05, 0) is 12.5 Å². The fraction of sp³-hybridized carbons (Fsp3) is 0.0833. The summed E-state index contributed by atoms with van der Waals surface area (Å²) in [6, 6.07) is 5.73. The molecule has 1 aromatic carbocycles. The lowest BCUT2D eigenvalue weighted by atomic mass is 10.1. The molecule has 86 valence electrons. The average molecular weight is 244 g/mol. The van der Waals surface area contributed by atoms with Crippen LogP contribution < -0.4 is 5.73 Å². The summed E-state index contributed by atoms with van der Waals surface area (Å²) in [7, 11) is 0. The van der Waals surface area contributed by atoms with Gasteiger partial charge in [0.2, 0.25) is 0 Å². The lowest BCUT2D eigenvalue weighted by Gasteiger charge is -2.09. The van der Waals surface area contributed by atoms with Crippen LogP contribution in [0, 0.1) is 12.3 Å². The largest absolute Gasteiger partial charge is 0.384 e. The summed E-state index contributed by atoms with van der Waals surface area (Å²) < 4.78 is 0. The van der Waals surface area contributed by atoms with Crippen LogP contribution in [0.4, 0.5) is 0 Å². The minimum atomic E-state index is 0.0695. The molecule has 0 saturated heterocycles. The lowest BCUT2D eigenvalue weighted by Crippen LogP contribution is -2.12. The van der Waals surface area contributed by atoms with Crippen molar-refractivity contribution in [2.45, 2.75) is 16.8 Å². The van der Waals surface area contributed by atoms with E-state index in [2.05, 4.69) is 9.97 Å². The molecule has 0 radical (unpaired) electrons. The van der Waals surface area contributed by atoms with Crippen LogP contribution in [0.2, 0.25) is 0 Å². The molecular formula is C12H12N4S. The Hall–Kier alpha value is -1.88. The third-order valence-corrected chi connectivity index (χ3v) is 3.41. The smallest absolute Gasteiger partial charge is 0.123 e. The Bertz CT molecular complexity index is 539. The van der Waals surface area contributed by atoms with Crippen LogP contribution in [0.15, 0.2) is 46.7 Å². The van der Waals surface area contributed by atoms with Crippen molar-refractivity contribution in [1.29, 1.82) is 5.41 Å². The van der Waals surface area contributed by atoms with E-state index in [1.807, 2.05) is 25.1 Å². The normalized spacial score (nSPS) is 10.2. The topological polar surface area (TPSA) is 75.7 Å². The average Bonchev–Trinajstić information content (AvgIpc) is 2.33. The van der Waals surface area contributed by atoms with E-state index in [4.69, 9.17) is 11.1 Å². The van der Waals surface area contributed by atoms with Gasteiger partial charge in [0.25, 0.3) is 0 Å². The Morgan fingerprint density at radius 3 is 2.82 bits per heavy atom. The summed E-state index contributed by atoms with van der Waals surface area (Å²) in [5.41, 5.74) is 7.38. The molecule has 0 aliphatic heterocycles. The molecule has 0 aliphatic rings. The zero-order valence-electron chi connectivity index (χ0n) is 9.34. The standard InChI is InChI=1S/C12H12N4S/c1-8-3-2-4-9(12(13)14)11(8)17-10-7-15-5-6-16-10/h2-7H,1H3,(H3,13,14). The molecule has 0 atom stereocenters. The minimum Gasteiger partial charge on any atom is -0.384 e. The fourth-order valence-corrected chi connectivity index (χ4v) is 2.40. The van der Waals surface area contributed by atoms with Crippen molar-refractivity contribution in [3.8, 4) is 0 Å². The van der Waals surface area contributed by atoms with E-state index in [0.29, 0.717) is 0 Å². The van der Waals surface area contributed by atoms with E-state index < -0.39 is 0 Å². The number of hydrogen-bond donors (Lipinski definition) is 2. The van der Waals surface area contributed by atoms with Gasteiger partial charge in [0.05, 0.1) is 6.20 Å². The minimum absolute atomic E-state index is 0.0695. The zero-order valence-corrected chi connectivity index (χ0v) is 10.2. The molecule has 0 aliphatic carbocycles. The summed E-state index contributed by atoms with van der Waals surface area (Å²) in [5.74, 6) is 0.0695. The maximum Gasteiger partial charge on any atom is 0.123 e. The fourth-order valence-electron chi connectivity index (χ4n) is 1.44. The molecule has 1 heterocycles. The van der Waals surface area contributed by atoms with Gasteiger partial charge in [-0.3, -0.25) is 10.4 Å². The van der Waals surface area contributed by atoms with Crippen molar-refractivity contribution in [2.24, 2.45) is 5.73 Å². The van der Waals surface area contributed by atoms with Gasteiger partial charge in [0.15, 0.2) is 0 Å². The molecule has 1 aromatic heterocycles. The molecule has 2 aromatic rings. The Morgan fingerprint density at radius 1 is 1.35 bits per heavy atom. The number of amidine groups is 1. The van der Waals surface area contributed by atoms with Gasteiger partial charge in [-0.2, -0.15) is 0 Å². The van der Waals surface area contributed by atoms with Crippen LogP contribution in [-0.4, -0.2) is 15.8 Å². The molecule has 4 nitrogen and oxygen atoms in total. The first-order chi connectivity index (χ1) is 8.18. The van der Waals surface area contributed by atoms with Crippen LogP contribution >= 0.6 is 11.8 Å². The summed E-state index contributed by atoms with van der Waals surface area (Å²) in [6.07, 6.45) is 4.98. The van der Waals surface area contributed by atoms with Crippen LogP contribution in [0.1, 0.15) is 11.1 Å². The second kappa shape index (κ2) is 4.97. The number of nitrogens with two attached hydrogens (primary N) is 1. The SMILES string of the molecule is Cc1cccc(C(=N)N)c1Sc1cnccn1. The number of nitrogens with zero attached hydrogens (tertiary/aromatic N) is 2. The number of benzene rings is 1. The number of aryl methyl sites for hydroxylation is 1. The van der Waals surface area contributed by atoms with E-state index >= 15 is 0 Å². The lowest BCUT2D eigenvalue weighted by molar-refractivity contribution is 1.05. The predicted molar refractivity (Wildman–Crippen MR) is 68.4 cm³/mol. The van der Waals surface area contributed by atoms with Crippen LogP contribution in [0.5, 0.6) is 0 Å². The van der Waals surface area contributed by atoms with Gasteiger partial charge < -0.3 is 5.73 Å². The third-order valence-electron chi connectivity index (χ3n) is 2.25. The highest BCUT2D eigenvalue weighted by Gasteiger charge is 2.10. The van der Waals surface area contributed by atoms with Gasteiger partial charge in [-0.1, -0.05) is 30.0 Å². The number of hydrogen-bond acceptors (Lipinski definition) is 4. The van der Waals surface area contributed by atoms with E-state index in [0.717, 1.165) is 21.0 Å². The molecule has 0 fully saturated rings. The monoisotopic (exact) mass is 244 g/mol. The summed E-state index contributed by atoms with van der Waals surface area (Å²) in [4.78, 5) is 9.18. The van der Waals surface area contributed by atoms with Crippen molar-refractivity contribution in [3.05, 3.63) is 47.9 Å². The van der Waals surface area contributed by atoms with Crippen molar-refractivity contribution in [2.75, 3.05) is 0 Å². The van der Waals surface area contributed by atoms with Crippen molar-refractivity contribution in [1.82, 2.24) is 9.97 Å². The molecule has 2 rings (SSSR count). The number of aromatic nitrogens is 2. The van der Waals surface area contributed by atoms with Gasteiger partial charge in [0, 0.05) is 22.9 Å². The van der Waals surface area contributed by atoms with Gasteiger partial charge >= 0.3 is 0 Å². The molecule has 0 saturated carbocycles. The van der Waals surface area contributed by atoms with E-state index in [9.17, 15) is 0 Å². The number of rotatable bonds is 3. The van der Waals surface area contributed by atoms with E-state index in [-0.39, 0.29) is 5.84 Å². The quantitative estimate of drug-likeness (QED) is 0.641. The maximum atomic E-state index is 7.57. The first-order valence-electron chi connectivity index (χ1n) is 5.06. The Morgan fingerprint density at radius 2 is 2.18 bits per heavy atom. The third kappa shape index (κ3) is 2.62. The molecular weight excluding hydrogens is 232 g/mol. The zero-order chi connectivity index (χ0) is 12.3. The molecule has 0 bridgehead atoms. The second-order valence-electron chi connectivity index (χ2n) is 3.51. The molecule has 0 spiro atoms. The summed E-state index contributed by atoms with van der Waals surface area (Å²) in [6.45, 7) is 1.99. The number of nitrogens with one attached hydrogen (secondary N) is 1. The van der Waals surface area contributed by atoms with Crippen molar-refractivity contribution < 1.29 is 0 Å². The Kier molecular flexibility index (Phi) is 3.39. The van der Waals surface area contributed by atoms with Crippen LogP contribution in [-0.2, 0) is 0 Å². The molecule has 3 N–H and O–H groups in total. The van der Waals surface area contributed by atoms with Gasteiger partial charge in [0.1, 0.15) is 10.9 Å². The highest BCUT2D eigenvalue weighted by molar-refractivity contribution is 7.99. The van der Waals surface area contributed by atoms with E-state index in [1.54, 1.807) is 18.6 Å². The first kappa shape index (κ1) is 11.6. The summed E-state index contributed by atoms with van der Waals surface area (Å²) >= 11 is 1.47. The Balaban J connectivity index is 2.41. The first-order valence-corrected chi connectivity index (χ1v) is 5.88.